The number of aromatic nitrogens is 2. The first-order chi connectivity index (χ1) is 8.76. The molecule has 0 aliphatic heterocycles. The molecule has 1 heterocycles. The summed E-state index contributed by atoms with van der Waals surface area (Å²) >= 11 is 3.46. The molecule has 0 atom stereocenters. The second-order valence-electron chi connectivity index (χ2n) is 3.61. The number of nitrogens with one attached hydrogen (secondary N) is 1. The average Bonchev–Trinajstić information content (AvgIpc) is 2.84. The third kappa shape index (κ3) is 2.56. The van der Waals surface area contributed by atoms with Crippen LogP contribution in [-0.4, -0.2) is 23.2 Å². The lowest BCUT2D eigenvalue weighted by Crippen LogP contribution is -2.06. The van der Waals surface area contributed by atoms with Crippen molar-refractivity contribution in [1.29, 1.82) is 0 Å². The Morgan fingerprint density at radius 2 is 2.39 bits per heavy atom. The van der Waals surface area contributed by atoms with Crippen molar-refractivity contribution < 1.29 is 4.74 Å². The molecule has 18 heavy (non-hydrogen) atoms. The maximum atomic E-state index is 5.37. The number of hydrogen-bond acceptors (Lipinski definition) is 3. The van der Waals surface area contributed by atoms with Gasteiger partial charge in [-0.05, 0) is 18.2 Å². The molecule has 0 saturated heterocycles. The molecule has 0 unspecified atom stereocenters. The molecule has 0 spiro atoms. The van der Waals surface area contributed by atoms with Gasteiger partial charge in [0, 0.05) is 23.4 Å². The van der Waals surface area contributed by atoms with E-state index in [0.29, 0.717) is 6.54 Å². The maximum Gasteiger partial charge on any atom is 0.207 e. The van der Waals surface area contributed by atoms with E-state index in [4.69, 9.17) is 4.74 Å². The molecule has 2 aromatic rings. The summed E-state index contributed by atoms with van der Waals surface area (Å²) in [5.74, 6) is 1.55. The Bertz CT molecular complexity index is 551. The lowest BCUT2D eigenvalue weighted by Gasteiger charge is -2.12. The van der Waals surface area contributed by atoms with Gasteiger partial charge in [-0.25, -0.2) is 4.98 Å². The van der Waals surface area contributed by atoms with Crippen LogP contribution in [0.5, 0.6) is 5.75 Å². The highest BCUT2D eigenvalue weighted by Crippen LogP contribution is 2.28. The zero-order valence-corrected chi connectivity index (χ0v) is 11.6. The fourth-order valence-electron chi connectivity index (χ4n) is 1.64. The number of rotatable bonds is 5. The molecule has 94 valence electrons. The summed E-state index contributed by atoms with van der Waals surface area (Å²) in [5, 5.41) is 3.18. The predicted octanol–water partition coefficient (Wildman–Crippen LogP) is 3.24. The van der Waals surface area contributed by atoms with E-state index < -0.39 is 0 Å². The first kappa shape index (κ1) is 12.7. The van der Waals surface area contributed by atoms with Crippen molar-refractivity contribution in [3.63, 3.8) is 0 Å². The highest BCUT2D eigenvalue weighted by atomic mass is 79.9. The standard InChI is InChI=1S/C13H14BrN3O/c1-3-6-15-13-16-7-8-17(13)11-9-10(14)4-5-12(11)18-2/h3-5,7-9H,1,6H2,2H3,(H,15,16). The van der Waals surface area contributed by atoms with Crippen LogP contribution in [0.15, 0.2) is 47.7 Å². The molecule has 0 amide bonds. The quantitative estimate of drug-likeness (QED) is 0.862. The minimum atomic E-state index is 0.660. The van der Waals surface area contributed by atoms with Crippen molar-refractivity contribution in [2.45, 2.75) is 0 Å². The molecular formula is C13H14BrN3O. The Hall–Kier alpha value is -1.75. The van der Waals surface area contributed by atoms with Crippen molar-refractivity contribution in [2.24, 2.45) is 0 Å². The average molecular weight is 308 g/mol. The van der Waals surface area contributed by atoms with Gasteiger partial charge in [0.1, 0.15) is 5.75 Å². The van der Waals surface area contributed by atoms with Crippen LogP contribution in [0.25, 0.3) is 5.69 Å². The van der Waals surface area contributed by atoms with Crippen LogP contribution in [0.3, 0.4) is 0 Å². The van der Waals surface area contributed by atoms with E-state index in [1.807, 2.05) is 29.0 Å². The van der Waals surface area contributed by atoms with Gasteiger partial charge in [-0.3, -0.25) is 4.57 Å². The topological polar surface area (TPSA) is 39.1 Å². The van der Waals surface area contributed by atoms with Crippen molar-refractivity contribution >= 4 is 21.9 Å². The number of ether oxygens (including phenoxy) is 1. The van der Waals surface area contributed by atoms with Crippen LogP contribution in [0.2, 0.25) is 0 Å². The first-order valence-corrected chi connectivity index (χ1v) is 6.27. The number of halogens is 1. The summed E-state index contributed by atoms with van der Waals surface area (Å²) < 4.78 is 8.29. The van der Waals surface area contributed by atoms with E-state index in [2.05, 4.69) is 32.8 Å². The Morgan fingerprint density at radius 1 is 1.56 bits per heavy atom. The van der Waals surface area contributed by atoms with Crippen LogP contribution >= 0.6 is 15.9 Å². The Kier molecular flexibility index (Phi) is 4.04. The molecule has 2 rings (SSSR count). The van der Waals surface area contributed by atoms with Crippen molar-refractivity contribution in [3.8, 4) is 11.4 Å². The maximum absolute atomic E-state index is 5.37. The molecule has 1 aromatic heterocycles. The summed E-state index contributed by atoms with van der Waals surface area (Å²) in [6.07, 6.45) is 5.42. The van der Waals surface area contributed by atoms with Gasteiger partial charge in [0.15, 0.2) is 0 Å². The summed E-state index contributed by atoms with van der Waals surface area (Å²) in [4.78, 5) is 4.27. The molecule has 4 nitrogen and oxygen atoms in total. The fourth-order valence-corrected chi connectivity index (χ4v) is 1.99. The molecule has 0 bridgehead atoms. The fraction of sp³-hybridized carbons (Fsp3) is 0.154. The molecule has 0 aliphatic rings. The normalized spacial score (nSPS) is 10.1. The first-order valence-electron chi connectivity index (χ1n) is 5.48. The van der Waals surface area contributed by atoms with Gasteiger partial charge in [0.05, 0.1) is 12.8 Å². The van der Waals surface area contributed by atoms with Gasteiger partial charge in [-0.15, -0.1) is 6.58 Å². The van der Waals surface area contributed by atoms with E-state index in [0.717, 1.165) is 21.9 Å². The summed E-state index contributed by atoms with van der Waals surface area (Å²) in [6.45, 7) is 4.34. The lowest BCUT2D eigenvalue weighted by molar-refractivity contribution is 0.413. The Labute approximate surface area is 114 Å². The Morgan fingerprint density at radius 3 is 3.11 bits per heavy atom. The number of benzene rings is 1. The number of nitrogens with zero attached hydrogens (tertiary/aromatic N) is 2. The van der Waals surface area contributed by atoms with Crippen LogP contribution < -0.4 is 10.1 Å². The van der Waals surface area contributed by atoms with E-state index in [1.54, 1.807) is 19.4 Å². The van der Waals surface area contributed by atoms with Crippen LogP contribution in [0.4, 0.5) is 5.95 Å². The van der Waals surface area contributed by atoms with E-state index in [-0.39, 0.29) is 0 Å². The predicted molar refractivity (Wildman–Crippen MR) is 76.5 cm³/mol. The third-order valence-electron chi connectivity index (χ3n) is 2.45. The van der Waals surface area contributed by atoms with Gasteiger partial charge in [0.2, 0.25) is 5.95 Å². The highest BCUT2D eigenvalue weighted by molar-refractivity contribution is 9.10. The second kappa shape index (κ2) is 5.73. The summed E-state index contributed by atoms with van der Waals surface area (Å²) in [6, 6.07) is 5.84. The molecular weight excluding hydrogens is 294 g/mol. The van der Waals surface area contributed by atoms with Crippen LogP contribution in [-0.2, 0) is 0 Å². The number of methoxy groups -OCH3 is 1. The molecule has 0 radical (unpaired) electrons. The Balaban J connectivity index is 2.44. The van der Waals surface area contributed by atoms with E-state index in [9.17, 15) is 0 Å². The van der Waals surface area contributed by atoms with Crippen molar-refractivity contribution in [3.05, 3.63) is 47.7 Å². The van der Waals surface area contributed by atoms with E-state index >= 15 is 0 Å². The van der Waals surface area contributed by atoms with Gasteiger partial charge in [0.25, 0.3) is 0 Å². The second-order valence-corrected chi connectivity index (χ2v) is 4.52. The van der Waals surface area contributed by atoms with E-state index in [1.165, 1.54) is 0 Å². The largest absolute Gasteiger partial charge is 0.495 e. The highest BCUT2D eigenvalue weighted by Gasteiger charge is 2.09. The number of imidazole rings is 1. The third-order valence-corrected chi connectivity index (χ3v) is 2.94. The number of anilines is 1. The summed E-state index contributed by atoms with van der Waals surface area (Å²) in [7, 11) is 1.65. The molecule has 0 aliphatic carbocycles. The molecule has 1 N–H and O–H groups in total. The van der Waals surface area contributed by atoms with Crippen LogP contribution in [0, 0.1) is 0 Å². The van der Waals surface area contributed by atoms with Gasteiger partial charge >= 0.3 is 0 Å². The molecule has 5 heteroatoms. The molecule has 1 aromatic carbocycles. The summed E-state index contributed by atoms with van der Waals surface area (Å²) in [5.41, 5.74) is 0.927. The van der Waals surface area contributed by atoms with Gasteiger partial charge in [-0.2, -0.15) is 0 Å². The monoisotopic (exact) mass is 307 g/mol. The minimum Gasteiger partial charge on any atom is -0.495 e. The zero-order valence-electron chi connectivity index (χ0n) is 10.1. The minimum absolute atomic E-state index is 0.660. The smallest absolute Gasteiger partial charge is 0.207 e. The SMILES string of the molecule is C=CCNc1nccn1-c1cc(Br)ccc1OC. The molecule has 0 saturated carbocycles. The lowest BCUT2D eigenvalue weighted by atomic mass is 10.3. The molecule has 0 fully saturated rings. The van der Waals surface area contributed by atoms with Gasteiger partial charge in [-0.1, -0.05) is 22.0 Å². The van der Waals surface area contributed by atoms with Crippen molar-refractivity contribution in [2.75, 3.05) is 19.0 Å². The zero-order chi connectivity index (χ0) is 13.0. The van der Waals surface area contributed by atoms with Crippen molar-refractivity contribution in [1.82, 2.24) is 9.55 Å². The van der Waals surface area contributed by atoms with Gasteiger partial charge < -0.3 is 10.1 Å². The van der Waals surface area contributed by atoms with Crippen LogP contribution in [0.1, 0.15) is 0 Å². The number of hydrogen-bond donors (Lipinski definition) is 1.